The molecule has 180 valence electrons. The SMILES string of the molecule is CCOc1cc(/C=C2\N=C(c3cc(F)c(F)cc3Cl)OC2=O)cc(I)c1OCc1ccc(Br)cc1. The number of hydrogen-bond acceptors (Lipinski definition) is 5. The summed E-state index contributed by atoms with van der Waals surface area (Å²) in [5.41, 5.74) is 1.55. The van der Waals surface area contributed by atoms with E-state index < -0.39 is 17.6 Å². The first-order chi connectivity index (χ1) is 16.7. The first-order valence-corrected chi connectivity index (χ1v) is 12.5. The van der Waals surface area contributed by atoms with Gasteiger partial charge in [0, 0.05) is 4.47 Å². The van der Waals surface area contributed by atoms with Gasteiger partial charge in [0.1, 0.15) is 6.61 Å². The molecule has 0 radical (unpaired) electrons. The van der Waals surface area contributed by atoms with Crippen molar-refractivity contribution in [1.82, 2.24) is 0 Å². The summed E-state index contributed by atoms with van der Waals surface area (Å²) in [7, 11) is 0. The molecule has 0 N–H and O–H groups in total. The summed E-state index contributed by atoms with van der Waals surface area (Å²) in [5, 5.41) is -0.128. The Bertz CT molecular complexity index is 1360. The summed E-state index contributed by atoms with van der Waals surface area (Å²) in [6.07, 6.45) is 1.51. The number of esters is 1. The van der Waals surface area contributed by atoms with Gasteiger partial charge < -0.3 is 14.2 Å². The third kappa shape index (κ3) is 6.02. The lowest BCUT2D eigenvalue weighted by atomic mass is 10.1. The minimum atomic E-state index is -1.13. The minimum absolute atomic E-state index is 0.0245. The van der Waals surface area contributed by atoms with Crippen molar-refractivity contribution in [3.63, 3.8) is 0 Å². The quantitative estimate of drug-likeness (QED) is 0.114. The molecular formula is C25H16BrClF2INO4. The van der Waals surface area contributed by atoms with Gasteiger partial charge in [-0.3, -0.25) is 0 Å². The molecule has 0 bridgehead atoms. The number of aliphatic imine (C=N–C) groups is 1. The summed E-state index contributed by atoms with van der Waals surface area (Å²) < 4.78 is 45.7. The predicted molar refractivity (Wildman–Crippen MR) is 141 cm³/mol. The van der Waals surface area contributed by atoms with Crippen molar-refractivity contribution >= 4 is 68.1 Å². The van der Waals surface area contributed by atoms with Crippen molar-refractivity contribution in [2.45, 2.75) is 13.5 Å². The highest BCUT2D eigenvalue weighted by Crippen LogP contribution is 2.36. The van der Waals surface area contributed by atoms with Gasteiger partial charge in [-0.2, -0.15) is 0 Å². The average Bonchev–Trinajstić information content (AvgIpc) is 3.17. The van der Waals surface area contributed by atoms with Crippen molar-refractivity contribution in [1.29, 1.82) is 0 Å². The molecule has 0 aliphatic carbocycles. The molecule has 0 amide bonds. The van der Waals surface area contributed by atoms with Gasteiger partial charge in [-0.05, 0) is 83.1 Å². The van der Waals surface area contributed by atoms with Crippen LogP contribution in [0.5, 0.6) is 11.5 Å². The van der Waals surface area contributed by atoms with Gasteiger partial charge in [0.15, 0.2) is 28.8 Å². The van der Waals surface area contributed by atoms with Crippen LogP contribution in [-0.2, 0) is 16.1 Å². The maximum absolute atomic E-state index is 13.7. The van der Waals surface area contributed by atoms with E-state index in [2.05, 4.69) is 43.5 Å². The van der Waals surface area contributed by atoms with Gasteiger partial charge >= 0.3 is 5.97 Å². The topological polar surface area (TPSA) is 57.1 Å². The van der Waals surface area contributed by atoms with Crippen LogP contribution >= 0.6 is 50.1 Å². The van der Waals surface area contributed by atoms with E-state index in [-0.39, 0.29) is 22.2 Å². The molecule has 1 heterocycles. The largest absolute Gasteiger partial charge is 0.490 e. The van der Waals surface area contributed by atoms with Gasteiger partial charge in [-0.1, -0.05) is 39.7 Å². The lowest BCUT2D eigenvalue weighted by Crippen LogP contribution is -2.07. The van der Waals surface area contributed by atoms with Crippen LogP contribution in [0.4, 0.5) is 8.78 Å². The second kappa shape index (κ2) is 11.0. The molecule has 3 aromatic rings. The molecule has 0 spiro atoms. The van der Waals surface area contributed by atoms with Gasteiger partial charge in [-0.15, -0.1) is 0 Å². The Morgan fingerprint density at radius 1 is 1.11 bits per heavy atom. The Kier molecular flexibility index (Phi) is 8.08. The molecule has 0 saturated heterocycles. The number of cyclic esters (lactones) is 1. The van der Waals surface area contributed by atoms with E-state index in [4.69, 9.17) is 25.8 Å². The normalized spacial score (nSPS) is 14.2. The zero-order valence-corrected chi connectivity index (χ0v) is 22.6. The molecule has 0 atom stereocenters. The highest BCUT2D eigenvalue weighted by molar-refractivity contribution is 14.1. The van der Waals surface area contributed by atoms with Crippen molar-refractivity contribution in [3.8, 4) is 11.5 Å². The number of benzene rings is 3. The Labute approximate surface area is 227 Å². The van der Waals surface area contributed by atoms with Gasteiger partial charge in [0.05, 0.1) is 20.8 Å². The van der Waals surface area contributed by atoms with Gasteiger partial charge in [0.2, 0.25) is 5.90 Å². The standard InChI is InChI=1S/C25H16BrClF2INO4/c1-2-33-22-9-14(7-20(30)23(22)34-12-13-3-5-15(26)6-4-13)8-21-25(32)35-24(31-21)16-10-18(28)19(29)11-17(16)27/h3-11H,2,12H2,1H3/b21-8-. The first kappa shape index (κ1) is 25.6. The molecule has 1 aliphatic rings. The first-order valence-electron chi connectivity index (χ1n) is 10.3. The van der Waals surface area contributed by atoms with E-state index in [1.807, 2.05) is 31.2 Å². The lowest BCUT2D eigenvalue weighted by molar-refractivity contribution is -0.129. The number of nitrogens with zero attached hydrogens (tertiary/aromatic N) is 1. The summed E-state index contributed by atoms with van der Waals surface area (Å²) in [6, 6.07) is 12.9. The molecule has 3 aromatic carbocycles. The van der Waals surface area contributed by atoms with E-state index >= 15 is 0 Å². The fourth-order valence-electron chi connectivity index (χ4n) is 3.18. The Balaban J connectivity index is 1.63. The number of carbonyl (C=O) groups excluding carboxylic acids is 1. The molecule has 5 nitrogen and oxygen atoms in total. The Hall–Kier alpha value is -2.50. The van der Waals surface area contributed by atoms with Crippen LogP contribution in [0.2, 0.25) is 5.02 Å². The van der Waals surface area contributed by atoms with E-state index in [0.717, 1.165) is 25.7 Å². The van der Waals surface area contributed by atoms with Gasteiger partial charge in [-0.25, -0.2) is 18.6 Å². The highest BCUT2D eigenvalue weighted by Gasteiger charge is 2.27. The smallest absolute Gasteiger partial charge is 0.363 e. The number of hydrogen-bond donors (Lipinski definition) is 0. The second-order valence-electron chi connectivity index (χ2n) is 7.26. The second-order valence-corrected chi connectivity index (χ2v) is 9.75. The van der Waals surface area contributed by atoms with Crippen molar-refractivity contribution in [2.24, 2.45) is 4.99 Å². The average molecular weight is 675 g/mol. The number of ether oxygens (including phenoxy) is 3. The molecule has 0 fully saturated rings. The van der Waals surface area contributed by atoms with Crippen LogP contribution in [0.3, 0.4) is 0 Å². The molecule has 1 aliphatic heterocycles. The number of carbonyl (C=O) groups is 1. The summed E-state index contributed by atoms with van der Waals surface area (Å²) in [5.74, 6) is -2.12. The highest BCUT2D eigenvalue weighted by atomic mass is 127. The van der Waals surface area contributed by atoms with Crippen molar-refractivity contribution in [3.05, 3.63) is 95.6 Å². The van der Waals surface area contributed by atoms with E-state index in [9.17, 15) is 13.6 Å². The van der Waals surface area contributed by atoms with Crippen molar-refractivity contribution in [2.75, 3.05) is 6.61 Å². The van der Waals surface area contributed by atoms with Crippen LogP contribution in [0.1, 0.15) is 23.6 Å². The monoisotopic (exact) mass is 673 g/mol. The van der Waals surface area contributed by atoms with Crippen LogP contribution in [-0.4, -0.2) is 18.5 Å². The van der Waals surface area contributed by atoms with E-state index in [0.29, 0.717) is 30.3 Å². The third-order valence-electron chi connectivity index (χ3n) is 4.79. The molecular weight excluding hydrogens is 659 g/mol. The van der Waals surface area contributed by atoms with Crippen LogP contribution < -0.4 is 9.47 Å². The minimum Gasteiger partial charge on any atom is -0.490 e. The maximum atomic E-state index is 13.7. The molecule has 0 aromatic heterocycles. The maximum Gasteiger partial charge on any atom is 0.363 e. The predicted octanol–water partition coefficient (Wildman–Crippen LogP) is 7.31. The summed E-state index contributed by atoms with van der Waals surface area (Å²) in [6.45, 7) is 2.61. The lowest BCUT2D eigenvalue weighted by Gasteiger charge is -2.15. The summed E-state index contributed by atoms with van der Waals surface area (Å²) in [4.78, 5) is 16.5. The van der Waals surface area contributed by atoms with E-state index in [1.165, 1.54) is 6.08 Å². The van der Waals surface area contributed by atoms with Crippen LogP contribution in [0, 0.1) is 15.2 Å². The zero-order valence-electron chi connectivity index (χ0n) is 18.1. The van der Waals surface area contributed by atoms with E-state index in [1.54, 1.807) is 12.1 Å². The fraction of sp³-hybridized carbons (Fsp3) is 0.120. The number of rotatable bonds is 7. The zero-order chi connectivity index (χ0) is 25.1. The summed E-state index contributed by atoms with van der Waals surface area (Å²) >= 11 is 11.5. The number of halogens is 5. The Morgan fingerprint density at radius 3 is 2.54 bits per heavy atom. The molecule has 0 saturated carbocycles. The van der Waals surface area contributed by atoms with Crippen molar-refractivity contribution < 1.29 is 27.8 Å². The molecule has 10 heteroatoms. The van der Waals surface area contributed by atoms with Crippen LogP contribution in [0.25, 0.3) is 6.08 Å². The third-order valence-corrected chi connectivity index (χ3v) is 6.44. The molecule has 4 rings (SSSR count). The Morgan fingerprint density at radius 2 is 1.83 bits per heavy atom. The van der Waals surface area contributed by atoms with Crippen LogP contribution in [0.15, 0.2) is 63.7 Å². The molecule has 35 heavy (non-hydrogen) atoms. The molecule has 0 unspecified atom stereocenters. The van der Waals surface area contributed by atoms with Gasteiger partial charge in [0.25, 0.3) is 0 Å². The fourth-order valence-corrected chi connectivity index (χ4v) is 4.46.